The molecule has 0 unspecified atom stereocenters. The molecule has 3 rings (SSSR count). The van der Waals surface area contributed by atoms with Crippen LogP contribution in [0.25, 0.3) is 0 Å². The van der Waals surface area contributed by atoms with Crippen molar-refractivity contribution >= 4 is 22.0 Å². The van der Waals surface area contributed by atoms with E-state index in [-0.39, 0.29) is 23.0 Å². The Bertz CT molecular complexity index is 1200. The van der Waals surface area contributed by atoms with Crippen molar-refractivity contribution in [1.29, 1.82) is 0 Å². The highest BCUT2D eigenvalue weighted by Gasteiger charge is 2.18. The number of methoxy groups -OCH3 is 1. The van der Waals surface area contributed by atoms with Gasteiger partial charge in [0, 0.05) is 5.56 Å². The van der Waals surface area contributed by atoms with Crippen LogP contribution in [0.15, 0.2) is 82.8 Å². The van der Waals surface area contributed by atoms with Crippen molar-refractivity contribution in [3.05, 3.63) is 95.1 Å². The highest BCUT2D eigenvalue weighted by atomic mass is 32.2. The second kappa shape index (κ2) is 10.0. The first kappa shape index (κ1) is 22.2. The van der Waals surface area contributed by atoms with E-state index >= 15 is 0 Å². The Morgan fingerprint density at radius 2 is 1.74 bits per heavy atom. The lowest BCUT2D eigenvalue weighted by molar-refractivity contribution is -0.120. The number of hydrogen-bond donors (Lipinski definition) is 1. The molecule has 0 aliphatic rings. The van der Waals surface area contributed by atoms with Gasteiger partial charge < -0.3 is 4.74 Å². The summed E-state index contributed by atoms with van der Waals surface area (Å²) in [6.45, 7) is 1.92. The fraction of sp³-hybridized carbons (Fsp3) is 0.167. The number of nitrogens with zero attached hydrogens (tertiary/aromatic N) is 1. The smallest absolute Gasteiger partial charge is 0.244 e. The molecule has 31 heavy (non-hydrogen) atoms. The zero-order valence-electron chi connectivity index (χ0n) is 17.4. The molecule has 160 valence electrons. The maximum atomic E-state index is 13.0. The average Bonchev–Trinajstić information content (AvgIpc) is 2.74. The quantitative estimate of drug-likeness (QED) is 0.431. The van der Waals surface area contributed by atoms with Gasteiger partial charge in [0.1, 0.15) is 5.75 Å². The number of aryl methyl sites for hydroxylation is 1. The maximum Gasteiger partial charge on any atom is 0.244 e. The normalized spacial score (nSPS) is 11.4. The van der Waals surface area contributed by atoms with Gasteiger partial charge in [0.05, 0.1) is 30.4 Å². The summed E-state index contributed by atoms with van der Waals surface area (Å²) in [6, 6.07) is 21.2. The van der Waals surface area contributed by atoms with E-state index in [0.717, 1.165) is 16.7 Å². The van der Waals surface area contributed by atoms with Gasteiger partial charge in [-0.15, -0.1) is 0 Å². The molecule has 0 heterocycles. The van der Waals surface area contributed by atoms with Gasteiger partial charge in [0.25, 0.3) is 0 Å². The van der Waals surface area contributed by atoms with Gasteiger partial charge in [-0.2, -0.15) is 5.10 Å². The van der Waals surface area contributed by atoms with Crippen LogP contribution in [-0.2, 0) is 26.8 Å². The molecule has 3 aromatic carbocycles. The summed E-state index contributed by atoms with van der Waals surface area (Å²) in [4.78, 5) is 12.3. The summed E-state index contributed by atoms with van der Waals surface area (Å²) in [5.74, 6) is 0.244. The number of carbonyl (C=O) groups is 1. The summed E-state index contributed by atoms with van der Waals surface area (Å²) in [5.41, 5.74) is 5.37. The third-order valence-corrected chi connectivity index (χ3v) is 6.34. The van der Waals surface area contributed by atoms with Crippen molar-refractivity contribution in [2.45, 2.75) is 24.0 Å². The largest absolute Gasteiger partial charge is 0.497 e. The molecule has 0 fully saturated rings. The average molecular weight is 437 g/mol. The van der Waals surface area contributed by atoms with E-state index in [9.17, 15) is 13.2 Å². The van der Waals surface area contributed by atoms with Gasteiger partial charge in [0.15, 0.2) is 9.84 Å². The van der Waals surface area contributed by atoms with Gasteiger partial charge in [-0.25, -0.2) is 13.8 Å². The summed E-state index contributed by atoms with van der Waals surface area (Å²) in [6.07, 6.45) is 1.48. The molecule has 0 radical (unpaired) electrons. The first-order valence-corrected chi connectivity index (χ1v) is 11.3. The van der Waals surface area contributed by atoms with E-state index in [1.54, 1.807) is 55.6 Å². The Hall–Kier alpha value is -3.45. The molecule has 0 aromatic heterocycles. The first-order chi connectivity index (χ1) is 14.9. The second-order valence-electron chi connectivity index (χ2n) is 7.11. The van der Waals surface area contributed by atoms with Gasteiger partial charge in [-0.3, -0.25) is 4.79 Å². The van der Waals surface area contributed by atoms with Crippen LogP contribution in [0.2, 0.25) is 0 Å². The fourth-order valence-electron chi connectivity index (χ4n) is 3.15. The Morgan fingerprint density at radius 1 is 1.00 bits per heavy atom. The molecule has 0 aliphatic heterocycles. The predicted molar refractivity (Wildman–Crippen MR) is 121 cm³/mol. The van der Waals surface area contributed by atoms with Crippen molar-refractivity contribution in [3.63, 3.8) is 0 Å². The van der Waals surface area contributed by atoms with E-state index in [2.05, 4.69) is 10.5 Å². The third-order valence-electron chi connectivity index (χ3n) is 4.58. The Balaban J connectivity index is 1.71. The third kappa shape index (κ3) is 6.26. The van der Waals surface area contributed by atoms with E-state index < -0.39 is 9.84 Å². The summed E-state index contributed by atoms with van der Waals surface area (Å²) in [7, 11) is -2.02. The highest BCUT2D eigenvalue weighted by Crippen LogP contribution is 2.20. The molecular formula is C24H24N2O4S. The number of nitrogens with one attached hydrogen (secondary N) is 1. The van der Waals surface area contributed by atoms with Crippen LogP contribution in [0.3, 0.4) is 0 Å². The molecule has 6 nitrogen and oxygen atoms in total. The number of rotatable bonds is 8. The molecule has 3 aromatic rings. The van der Waals surface area contributed by atoms with Gasteiger partial charge in [0.2, 0.25) is 5.91 Å². The van der Waals surface area contributed by atoms with Gasteiger partial charge in [-0.1, -0.05) is 60.2 Å². The van der Waals surface area contributed by atoms with E-state index in [1.165, 1.54) is 6.21 Å². The zero-order valence-corrected chi connectivity index (χ0v) is 18.2. The van der Waals surface area contributed by atoms with E-state index in [0.29, 0.717) is 11.3 Å². The number of benzene rings is 3. The minimum Gasteiger partial charge on any atom is -0.497 e. The van der Waals surface area contributed by atoms with E-state index in [4.69, 9.17) is 4.74 Å². The molecular weight excluding hydrogens is 412 g/mol. The standard InChI is InChI=1S/C24H24N2O4S/c1-18-7-5-9-20(13-18)17-31(28,29)23-12-4-3-10-21(23)16-25-26-24(27)15-19-8-6-11-22(14-19)30-2/h3-14,16H,15,17H2,1-2H3,(H,26,27). The molecule has 0 spiro atoms. The zero-order chi connectivity index (χ0) is 22.3. The lowest BCUT2D eigenvalue weighted by Gasteiger charge is -2.08. The van der Waals surface area contributed by atoms with Crippen LogP contribution in [0.5, 0.6) is 5.75 Å². The van der Waals surface area contributed by atoms with E-state index in [1.807, 2.05) is 31.2 Å². The van der Waals surface area contributed by atoms with Crippen molar-refractivity contribution in [2.24, 2.45) is 5.10 Å². The Morgan fingerprint density at radius 3 is 2.52 bits per heavy atom. The molecule has 0 saturated carbocycles. The lowest BCUT2D eigenvalue weighted by atomic mass is 10.1. The Kier molecular flexibility index (Phi) is 7.20. The van der Waals surface area contributed by atoms with Crippen LogP contribution in [0.4, 0.5) is 0 Å². The number of carbonyl (C=O) groups excluding carboxylic acids is 1. The van der Waals surface area contributed by atoms with Crippen molar-refractivity contribution in [2.75, 3.05) is 7.11 Å². The van der Waals surface area contributed by atoms with Crippen LogP contribution in [0.1, 0.15) is 22.3 Å². The number of sulfone groups is 1. The minimum absolute atomic E-state index is 0.109. The highest BCUT2D eigenvalue weighted by molar-refractivity contribution is 7.90. The molecule has 1 amide bonds. The monoisotopic (exact) mass is 436 g/mol. The number of amides is 1. The Labute approximate surface area is 182 Å². The molecule has 0 aliphatic carbocycles. The van der Waals surface area contributed by atoms with Crippen LogP contribution in [0, 0.1) is 6.92 Å². The second-order valence-corrected chi connectivity index (χ2v) is 9.07. The van der Waals surface area contributed by atoms with Gasteiger partial charge in [-0.05, 0) is 36.2 Å². The predicted octanol–water partition coefficient (Wildman–Crippen LogP) is 3.67. The van der Waals surface area contributed by atoms with Crippen molar-refractivity contribution in [3.8, 4) is 5.75 Å². The van der Waals surface area contributed by atoms with Gasteiger partial charge >= 0.3 is 0 Å². The summed E-state index contributed by atoms with van der Waals surface area (Å²) in [5, 5.41) is 3.96. The lowest BCUT2D eigenvalue weighted by Crippen LogP contribution is -2.20. The summed E-state index contributed by atoms with van der Waals surface area (Å²) >= 11 is 0. The number of hydrogen-bond acceptors (Lipinski definition) is 5. The summed E-state index contributed by atoms with van der Waals surface area (Å²) < 4.78 is 31.1. The molecule has 7 heteroatoms. The number of hydrazone groups is 1. The van der Waals surface area contributed by atoms with Crippen molar-refractivity contribution < 1.29 is 17.9 Å². The SMILES string of the molecule is COc1cccc(CC(=O)NN=Cc2ccccc2S(=O)(=O)Cc2cccc(C)c2)c1. The molecule has 0 atom stereocenters. The molecule has 0 bridgehead atoms. The fourth-order valence-corrected chi connectivity index (χ4v) is 4.69. The molecule has 1 N–H and O–H groups in total. The minimum atomic E-state index is -3.59. The number of ether oxygens (including phenoxy) is 1. The first-order valence-electron chi connectivity index (χ1n) is 9.69. The van der Waals surface area contributed by atoms with Crippen LogP contribution >= 0.6 is 0 Å². The van der Waals surface area contributed by atoms with Crippen LogP contribution in [-0.4, -0.2) is 27.6 Å². The maximum absolute atomic E-state index is 13.0. The topological polar surface area (TPSA) is 84.8 Å². The van der Waals surface area contributed by atoms with Crippen LogP contribution < -0.4 is 10.2 Å². The molecule has 0 saturated heterocycles. The van der Waals surface area contributed by atoms with Crippen molar-refractivity contribution in [1.82, 2.24) is 5.43 Å².